The zero-order valence-electron chi connectivity index (χ0n) is 19.2. The van der Waals surface area contributed by atoms with Crippen molar-refractivity contribution in [3.63, 3.8) is 0 Å². The molecule has 5 rings (SSSR count). The van der Waals surface area contributed by atoms with Gasteiger partial charge in [-0.05, 0) is 79.2 Å². The first kappa shape index (κ1) is 21.8. The number of fused-ring (bicyclic) bond motifs is 1. The monoisotopic (exact) mass is 447 g/mol. The molecule has 3 N–H and O–H groups in total. The molecule has 0 radical (unpaired) electrons. The summed E-state index contributed by atoms with van der Waals surface area (Å²) in [4.78, 5) is 25.1. The van der Waals surface area contributed by atoms with E-state index in [1.165, 1.54) is 11.1 Å². The van der Waals surface area contributed by atoms with Crippen LogP contribution in [0.1, 0.15) is 61.3 Å². The maximum absolute atomic E-state index is 12.9. The normalized spacial score (nSPS) is 27.5. The van der Waals surface area contributed by atoms with Gasteiger partial charge in [0.15, 0.2) is 0 Å². The number of carbonyl (C=O) groups excluding carboxylic acids is 2. The van der Waals surface area contributed by atoms with Crippen molar-refractivity contribution in [1.29, 1.82) is 0 Å². The summed E-state index contributed by atoms with van der Waals surface area (Å²) in [6.45, 7) is 0.486. The zero-order chi connectivity index (χ0) is 22.8. The number of urea groups is 1. The Labute approximate surface area is 195 Å². The number of aryl methyl sites for hydroxylation is 1. The SMILES string of the molecule is COc1ccc(CNC(=O)NC2CC3(C2)CC(C(=O)N[C@@H]2CCCc4ccccc42)C3)cc1. The van der Waals surface area contributed by atoms with E-state index in [-0.39, 0.29) is 35.4 Å². The maximum atomic E-state index is 12.9. The van der Waals surface area contributed by atoms with Gasteiger partial charge < -0.3 is 20.7 Å². The summed E-state index contributed by atoms with van der Waals surface area (Å²) in [5, 5.41) is 9.32. The molecule has 3 aliphatic rings. The highest BCUT2D eigenvalue weighted by molar-refractivity contribution is 5.80. The highest BCUT2D eigenvalue weighted by Gasteiger charge is 2.55. The second-order valence-corrected chi connectivity index (χ2v) is 10.0. The molecule has 0 saturated heterocycles. The lowest BCUT2D eigenvalue weighted by molar-refractivity contribution is -0.139. The van der Waals surface area contributed by atoms with Crippen LogP contribution in [0.2, 0.25) is 0 Å². The first-order valence-electron chi connectivity index (χ1n) is 12.1. The topological polar surface area (TPSA) is 79.5 Å². The molecule has 0 bridgehead atoms. The van der Waals surface area contributed by atoms with E-state index in [9.17, 15) is 9.59 Å². The molecule has 0 heterocycles. The molecule has 2 aromatic rings. The smallest absolute Gasteiger partial charge is 0.315 e. The van der Waals surface area contributed by atoms with E-state index < -0.39 is 0 Å². The number of benzene rings is 2. The van der Waals surface area contributed by atoms with Gasteiger partial charge in [-0.2, -0.15) is 0 Å². The van der Waals surface area contributed by atoms with E-state index in [1.54, 1.807) is 7.11 Å². The number of nitrogens with one attached hydrogen (secondary N) is 3. The summed E-state index contributed by atoms with van der Waals surface area (Å²) in [6.07, 6.45) is 7.09. The molecular weight excluding hydrogens is 414 g/mol. The van der Waals surface area contributed by atoms with E-state index in [2.05, 4.69) is 40.2 Å². The van der Waals surface area contributed by atoms with Crippen LogP contribution in [0.3, 0.4) is 0 Å². The summed E-state index contributed by atoms with van der Waals surface area (Å²) in [7, 11) is 1.64. The standard InChI is InChI=1S/C27H33N3O3/c1-33-22-11-9-18(10-12-22)17-28-26(32)29-21-15-27(16-21)13-20(14-27)25(31)30-24-8-4-6-19-5-2-3-7-23(19)24/h2-3,5,7,9-12,20-21,24H,4,6,8,13-17H2,1H3,(H,30,31)(H2,28,29,32)/t20?,21?,24-,27?/m1/s1. The van der Waals surface area contributed by atoms with Gasteiger partial charge in [0.1, 0.15) is 5.75 Å². The lowest BCUT2D eigenvalue weighted by Gasteiger charge is -2.57. The summed E-state index contributed by atoms with van der Waals surface area (Å²) < 4.78 is 5.15. The number of methoxy groups -OCH3 is 1. The molecule has 1 spiro atoms. The van der Waals surface area contributed by atoms with Crippen LogP contribution in [0, 0.1) is 11.3 Å². The first-order chi connectivity index (χ1) is 16.0. The number of hydrogen-bond donors (Lipinski definition) is 3. The predicted molar refractivity (Wildman–Crippen MR) is 127 cm³/mol. The van der Waals surface area contributed by atoms with Crippen LogP contribution in [0.5, 0.6) is 5.75 Å². The third-order valence-electron chi connectivity index (χ3n) is 7.72. The summed E-state index contributed by atoms with van der Waals surface area (Å²) in [6, 6.07) is 16.4. The highest BCUT2D eigenvalue weighted by atomic mass is 16.5. The van der Waals surface area contributed by atoms with Gasteiger partial charge in [0.2, 0.25) is 5.91 Å². The lowest BCUT2D eigenvalue weighted by Crippen LogP contribution is -2.59. The Morgan fingerprint density at radius 3 is 2.52 bits per heavy atom. The molecule has 3 amide bonds. The maximum Gasteiger partial charge on any atom is 0.315 e. The molecular formula is C27H33N3O3. The van der Waals surface area contributed by atoms with Gasteiger partial charge >= 0.3 is 6.03 Å². The van der Waals surface area contributed by atoms with Crippen LogP contribution < -0.4 is 20.7 Å². The van der Waals surface area contributed by atoms with E-state index in [4.69, 9.17) is 4.74 Å². The summed E-state index contributed by atoms with van der Waals surface area (Å²) in [5.41, 5.74) is 3.95. The van der Waals surface area contributed by atoms with Crippen LogP contribution >= 0.6 is 0 Å². The van der Waals surface area contributed by atoms with Crippen molar-refractivity contribution in [2.24, 2.45) is 11.3 Å². The molecule has 0 unspecified atom stereocenters. The molecule has 2 fully saturated rings. The Morgan fingerprint density at radius 2 is 1.76 bits per heavy atom. The van der Waals surface area contributed by atoms with Gasteiger partial charge in [0.25, 0.3) is 0 Å². The lowest BCUT2D eigenvalue weighted by atomic mass is 9.50. The van der Waals surface area contributed by atoms with Crippen LogP contribution in [-0.4, -0.2) is 25.1 Å². The van der Waals surface area contributed by atoms with Crippen LogP contribution in [-0.2, 0) is 17.8 Å². The van der Waals surface area contributed by atoms with E-state index in [1.807, 2.05) is 24.3 Å². The highest BCUT2D eigenvalue weighted by Crippen LogP contribution is 2.58. The molecule has 6 nitrogen and oxygen atoms in total. The molecule has 2 saturated carbocycles. The van der Waals surface area contributed by atoms with E-state index in [0.29, 0.717) is 6.54 Å². The summed E-state index contributed by atoms with van der Waals surface area (Å²) in [5.74, 6) is 1.12. The minimum Gasteiger partial charge on any atom is -0.497 e. The van der Waals surface area contributed by atoms with Crippen molar-refractivity contribution in [1.82, 2.24) is 16.0 Å². The largest absolute Gasteiger partial charge is 0.497 e. The van der Waals surface area contributed by atoms with Crippen molar-refractivity contribution >= 4 is 11.9 Å². The fourth-order valence-corrected chi connectivity index (χ4v) is 5.95. The van der Waals surface area contributed by atoms with Crippen molar-refractivity contribution in [3.05, 3.63) is 65.2 Å². The molecule has 2 aromatic carbocycles. The Kier molecular flexibility index (Phi) is 6.00. The molecule has 33 heavy (non-hydrogen) atoms. The van der Waals surface area contributed by atoms with Crippen molar-refractivity contribution in [2.75, 3.05) is 7.11 Å². The molecule has 174 valence electrons. The third-order valence-corrected chi connectivity index (χ3v) is 7.72. The van der Waals surface area contributed by atoms with Gasteiger partial charge in [-0.3, -0.25) is 4.79 Å². The second-order valence-electron chi connectivity index (χ2n) is 10.0. The minimum atomic E-state index is -0.129. The Morgan fingerprint density at radius 1 is 1.00 bits per heavy atom. The van der Waals surface area contributed by atoms with Crippen molar-refractivity contribution in [3.8, 4) is 5.75 Å². The number of hydrogen-bond acceptors (Lipinski definition) is 3. The zero-order valence-corrected chi connectivity index (χ0v) is 19.2. The van der Waals surface area contributed by atoms with E-state index in [0.717, 1.165) is 56.3 Å². The first-order valence-corrected chi connectivity index (χ1v) is 12.1. The molecule has 0 aromatic heterocycles. The average molecular weight is 448 g/mol. The van der Waals surface area contributed by atoms with Gasteiger partial charge in [0, 0.05) is 18.5 Å². The van der Waals surface area contributed by atoms with E-state index >= 15 is 0 Å². The van der Waals surface area contributed by atoms with Crippen molar-refractivity contribution in [2.45, 2.75) is 63.6 Å². The Hall–Kier alpha value is -3.02. The van der Waals surface area contributed by atoms with Gasteiger partial charge in [-0.15, -0.1) is 0 Å². The van der Waals surface area contributed by atoms with Gasteiger partial charge in [-0.25, -0.2) is 4.79 Å². The Bertz CT molecular complexity index is 1010. The number of rotatable bonds is 6. The fraction of sp³-hybridized carbons (Fsp3) is 0.481. The summed E-state index contributed by atoms with van der Waals surface area (Å²) >= 11 is 0. The number of amides is 3. The third kappa shape index (κ3) is 4.70. The molecule has 3 aliphatic carbocycles. The van der Waals surface area contributed by atoms with Crippen LogP contribution in [0.4, 0.5) is 4.79 Å². The second kappa shape index (κ2) is 9.08. The quantitative estimate of drug-likeness (QED) is 0.620. The van der Waals surface area contributed by atoms with Crippen LogP contribution in [0.25, 0.3) is 0 Å². The molecule has 1 atom stereocenters. The number of carbonyl (C=O) groups is 2. The number of ether oxygens (including phenoxy) is 1. The fourth-order valence-electron chi connectivity index (χ4n) is 5.95. The average Bonchev–Trinajstić information content (AvgIpc) is 2.79. The minimum absolute atomic E-state index is 0.115. The van der Waals surface area contributed by atoms with Gasteiger partial charge in [0.05, 0.1) is 13.2 Å². The molecule has 6 heteroatoms. The molecule has 0 aliphatic heterocycles. The Balaban J connectivity index is 1.02. The van der Waals surface area contributed by atoms with Gasteiger partial charge in [-0.1, -0.05) is 36.4 Å². The van der Waals surface area contributed by atoms with Crippen molar-refractivity contribution < 1.29 is 14.3 Å². The van der Waals surface area contributed by atoms with Crippen LogP contribution in [0.15, 0.2) is 48.5 Å². The predicted octanol–water partition coefficient (Wildman–Crippen LogP) is 4.25.